The molecule has 7 heteroatoms. The molecule has 1 atom stereocenters. The lowest BCUT2D eigenvalue weighted by molar-refractivity contribution is 0.0504. The van der Waals surface area contributed by atoms with E-state index in [0.717, 1.165) is 33.3 Å². The normalized spacial score (nSPS) is 12.5. The van der Waals surface area contributed by atoms with Gasteiger partial charge in [0.15, 0.2) is 0 Å². The number of nitrogens with zero attached hydrogens (tertiary/aromatic N) is 3. The Labute approximate surface area is 187 Å². The molecule has 4 aromatic rings. The largest absolute Gasteiger partial charge is 0.444 e. The van der Waals surface area contributed by atoms with Crippen LogP contribution in [-0.2, 0) is 17.6 Å². The maximum atomic E-state index is 12.5. The van der Waals surface area contributed by atoms with Gasteiger partial charge < -0.3 is 10.1 Å². The summed E-state index contributed by atoms with van der Waals surface area (Å²) in [4.78, 5) is 16.7. The van der Waals surface area contributed by atoms with E-state index < -0.39 is 11.7 Å². The number of nitrogens with one attached hydrogen (secondary N) is 2. The Hall–Kier alpha value is -3.74. The summed E-state index contributed by atoms with van der Waals surface area (Å²) in [5, 5.41) is 16.7. The number of rotatable bonds is 6. The number of amides is 1. The predicted octanol–water partition coefficient (Wildman–Crippen LogP) is 4.70. The molecule has 4 rings (SSSR count). The molecule has 0 aliphatic rings. The Morgan fingerprint density at radius 3 is 2.62 bits per heavy atom. The molecule has 0 aliphatic heterocycles. The minimum atomic E-state index is -0.569. The van der Waals surface area contributed by atoms with Crippen molar-refractivity contribution >= 4 is 16.9 Å². The summed E-state index contributed by atoms with van der Waals surface area (Å²) < 4.78 is 5.49. The Morgan fingerprint density at radius 1 is 1.03 bits per heavy atom. The molecule has 0 bridgehead atoms. The van der Waals surface area contributed by atoms with Crippen LogP contribution in [0.4, 0.5) is 4.79 Å². The van der Waals surface area contributed by atoms with E-state index in [2.05, 4.69) is 31.8 Å². The van der Waals surface area contributed by atoms with Gasteiger partial charge in [0.05, 0.1) is 5.69 Å². The van der Waals surface area contributed by atoms with Crippen LogP contribution in [0.3, 0.4) is 0 Å². The van der Waals surface area contributed by atoms with E-state index in [1.165, 1.54) is 0 Å². The van der Waals surface area contributed by atoms with Crippen molar-refractivity contribution in [1.82, 2.24) is 25.7 Å². The molecule has 0 spiro atoms. The highest BCUT2D eigenvalue weighted by Gasteiger charge is 2.22. The van der Waals surface area contributed by atoms with E-state index in [1.54, 1.807) is 6.20 Å². The highest BCUT2D eigenvalue weighted by molar-refractivity contribution is 5.86. The van der Waals surface area contributed by atoms with E-state index in [-0.39, 0.29) is 6.04 Å². The molecule has 1 amide bonds. The first kappa shape index (κ1) is 21.5. The molecule has 0 saturated carbocycles. The number of carbonyl (C=O) groups excluding carboxylic acids is 1. The number of aromatic amines is 1. The van der Waals surface area contributed by atoms with Crippen LogP contribution in [0, 0.1) is 0 Å². The number of ether oxygens (including phenoxy) is 1. The molecular weight excluding hydrogens is 402 g/mol. The van der Waals surface area contributed by atoms with Gasteiger partial charge in [-0.05, 0) is 50.3 Å². The number of H-pyrrole nitrogens is 1. The summed E-state index contributed by atoms with van der Waals surface area (Å²) in [5.74, 6) is 0. The van der Waals surface area contributed by atoms with Gasteiger partial charge in [0.1, 0.15) is 11.3 Å². The topological polar surface area (TPSA) is 92.8 Å². The third kappa shape index (κ3) is 5.49. The highest BCUT2D eigenvalue weighted by Crippen LogP contribution is 2.25. The molecule has 164 valence electrons. The number of carbonyl (C=O) groups is 1. The molecule has 0 unspecified atom stereocenters. The Morgan fingerprint density at radius 2 is 1.84 bits per heavy atom. The second-order valence-electron chi connectivity index (χ2n) is 8.79. The second kappa shape index (κ2) is 9.18. The molecule has 0 saturated heterocycles. The summed E-state index contributed by atoms with van der Waals surface area (Å²) >= 11 is 0. The maximum absolute atomic E-state index is 12.5. The highest BCUT2D eigenvalue weighted by atomic mass is 16.6. The van der Waals surface area contributed by atoms with Crippen LogP contribution in [0.25, 0.3) is 22.0 Å². The maximum Gasteiger partial charge on any atom is 0.407 e. The van der Waals surface area contributed by atoms with Crippen molar-refractivity contribution in [1.29, 1.82) is 0 Å². The lowest BCUT2D eigenvalue weighted by Gasteiger charge is -2.23. The summed E-state index contributed by atoms with van der Waals surface area (Å²) in [6.07, 6.45) is 4.33. The quantitative estimate of drug-likeness (QED) is 0.463. The van der Waals surface area contributed by atoms with Crippen LogP contribution in [0.15, 0.2) is 67.0 Å². The summed E-state index contributed by atoms with van der Waals surface area (Å²) in [6.45, 7) is 5.55. The molecule has 2 aromatic carbocycles. The molecule has 0 aliphatic carbocycles. The lowest BCUT2D eigenvalue weighted by atomic mass is 9.98. The molecular formula is C25H27N5O2. The molecule has 0 fully saturated rings. The minimum absolute atomic E-state index is 0.208. The number of hydrogen-bond donors (Lipinski definition) is 2. The number of hydrogen-bond acceptors (Lipinski definition) is 5. The average molecular weight is 430 g/mol. The zero-order chi connectivity index (χ0) is 22.6. The van der Waals surface area contributed by atoms with Crippen molar-refractivity contribution in [3.63, 3.8) is 0 Å². The first-order chi connectivity index (χ1) is 15.4. The van der Waals surface area contributed by atoms with E-state index in [9.17, 15) is 4.79 Å². The molecule has 2 N–H and O–H groups in total. The van der Waals surface area contributed by atoms with Crippen molar-refractivity contribution in [2.75, 3.05) is 0 Å². The van der Waals surface area contributed by atoms with Gasteiger partial charge in [-0.3, -0.25) is 4.98 Å². The molecule has 7 nitrogen and oxygen atoms in total. The zero-order valence-electron chi connectivity index (χ0n) is 18.5. The lowest BCUT2D eigenvalue weighted by Crippen LogP contribution is -2.41. The SMILES string of the molecule is CC(C)(C)OC(=O)N[C@@H](Cc1ccccc1)Cc1n[nH]nc1-c1ccc2cnccc2c1. The fourth-order valence-corrected chi connectivity index (χ4v) is 3.64. The predicted molar refractivity (Wildman–Crippen MR) is 124 cm³/mol. The van der Waals surface area contributed by atoms with Gasteiger partial charge in [0.25, 0.3) is 0 Å². The number of benzene rings is 2. The number of aromatic nitrogens is 4. The number of alkyl carbamates (subject to hydrolysis) is 1. The number of pyridine rings is 1. The first-order valence-electron chi connectivity index (χ1n) is 10.6. The van der Waals surface area contributed by atoms with Gasteiger partial charge in [-0.15, -0.1) is 0 Å². The fraction of sp³-hybridized carbons (Fsp3) is 0.280. The van der Waals surface area contributed by atoms with Gasteiger partial charge in [-0.25, -0.2) is 4.79 Å². The van der Waals surface area contributed by atoms with Crippen molar-refractivity contribution in [3.05, 3.63) is 78.2 Å². The van der Waals surface area contributed by atoms with Crippen LogP contribution in [0.1, 0.15) is 32.0 Å². The first-order valence-corrected chi connectivity index (χ1v) is 10.6. The Balaban J connectivity index is 1.59. The minimum Gasteiger partial charge on any atom is -0.444 e. The fourth-order valence-electron chi connectivity index (χ4n) is 3.64. The summed E-state index contributed by atoms with van der Waals surface area (Å²) in [7, 11) is 0. The zero-order valence-corrected chi connectivity index (χ0v) is 18.5. The van der Waals surface area contributed by atoms with E-state index in [0.29, 0.717) is 12.8 Å². The average Bonchev–Trinajstić information content (AvgIpc) is 3.20. The summed E-state index contributed by atoms with van der Waals surface area (Å²) in [6, 6.07) is 17.9. The second-order valence-corrected chi connectivity index (χ2v) is 8.79. The van der Waals surface area contributed by atoms with E-state index >= 15 is 0 Å². The van der Waals surface area contributed by atoms with Crippen LogP contribution in [0.5, 0.6) is 0 Å². The van der Waals surface area contributed by atoms with Gasteiger partial charge in [-0.1, -0.05) is 42.5 Å². The molecule has 2 aromatic heterocycles. The summed E-state index contributed by atoms with van der Waals surface area (Å²) in [5.41, 5.74) is 3.07. The Bertz CT molecular complexity index is 1200. The van der Waals surface area contributed by atoms with Gasteiger partial charge >= 0.3 is 6.09 Å². The number of fused-ring (bicyclic) bond motifs is 1. The van der Waals surface area contributed by atoms with Gasteiger partial charge in [0, 0.05) is 35.8 Å². The van der Waals surface area contributed by atoms with Crippen LogP contribution in [0.2, 0.25) is 0 Å². The van der Waals surface area contributed by atoms with E-state index in [1.807, 2.05) is 75.5 Å². The third-order valence-electron chi connectivity index (χ3n) is 5.02. The smallest absolute Gasteiger partial charge is 0.407 e. The Kier molecular flexibility index (Phi) is 6.16. The van der Waals surface area contributed by atoms with Crippen LogP contribution < -0.4 is 5.32 Å². The van der Waals surface area contributed by atoms with Crippen LogP contribution in [-0.4, -0.2) is 38.1 Å². The molecule has 32 heavy (non-hydrogen) atoms. The van der Waals surface area contributed by atoms with Crippen molar-refractivity contribution < 1.29 is 9.53 Å². The van der Waals surface area contributed by atoms with Crippen molar-refractivity contribution in [3.8, 4) is 11.3 Å². The van der Waals surface area contributed by atoms with Crippen molar-refractivity contribution in [2.24, 2.45) is 0 Å². The van der Waals surface area contributed by atoms with E-state index in [4.69, 9.17) is 4.74 Å². The molecule has 0 radical (unpaired) electrons. The van der Waals surface area contributed by atoms with Gasteiger partial charge in [-0.2, -0.15) is 15.4 Å². The van der Waals surface area contributed by atoms with Gasteiger partial charge in [0.2, 0.25) is 0 Å². The standard InChI is InChI=1S/C25H27N5O2/c1-25(2,3)32-24(31)27-21(13-17-7-5-4-6-8-17)15-22-23(29-30-28-22)19-9-10-20-16-26-12-11-18(20)14-19/h4-12,14,16,21H,13,15H2,1-3H3,(H,27,31)(H,28,29,30)/t21-/m0/s1. The molecule has 2 heterocycles. The third-order valence-corrected chi connectivity index (χ3v) is 5.02. The van der Waals surface area contributed by atoms with Crippen molar-refractivity contribution in [2.45, 2.75) is 45.3 Å². The van der Waals surface area contributed by atoms with Crippen LogP contribution >= 0.6 is 0 Å². The monoisotopic (exact) mass is 429 g/mol.